The van der Waals surface area contributed by atoms with E-state index in [9.17, 15) is 0 Å². The smallest absolute Gasteiger partial charge is 0.115 e. The van der Waals surface area contributed by atoms with E-state index in [4.69, 9.17) is 10.2 Å². The van der Waals surface area contributed by atoms with Crippen LogP contribution in [0.25, 0.3) is 0 Å². The van der Waals surface area contributed by atoms with Crippen LogP contribution in [0.2, 0.25) is 0 Å². The standard InChI is InChI=1S/C4H8O3/c1-7-3-4(6)2-5/h1,4-6H,2-3H2. The average molecular weight is 104 g/mol. The number of hydrogen-bond acceptors (Lipinski definition) is 3. The van der Waals surface area contributed by atoms with E-state index < -0.39 is 6.10 Å². The fourth-order valence-corrected chi connectivity index (χ4v) is 0.164. The van der Waals surface area contributed by atoms with Gasteiger partial charge in [0.2, 0.25) is 0 Å². The van der Waals surface area contributed by atoms with E-state index >= 15 is 0 Å². The molecule has 2 radical (unpaired) electrons. The van der Waals surface area contributed by atoms with Gasteiger partial charge in [-0.05, 0) is 0 Å². The second-order valence-corrected chi connectivity index (χ2v) is 1.17. The van der Waals surface area contributed by atoms with Crippen molar-refractivity contribution in [2.24, 2.45) is 0 Å². The highest BCUT2D eigenvalue weighted by atomic mass is 16.5. The summed E-state index contributed by atoms with van der Waals surface area (Å²) in [7, 11) is 4.53. The minimum Gasteiger partial charge on any atom is -0.394 e. The maximum atomic E-state index is 8.40. The maximum absolute atomic E-state index is 8.40. The number of aliphatic hydroxyl groups excluding tert-OH is 2. The highest BCUT2D eigenvalue weighted by Crippen LogP contribution is 1.78. The van der Waals surface area contributed by atoms with Crippen LogP contribution in [0.15, 0.2) is 0 Å². The third kappa shape index (κ3) is 3.72. The summed E-state index contributed by atoms with van der Waals surface area (Å²) >= 11 is 0. The van der Waals surface area contributed by atoms with E-state index in [1.165, 1.54) is 0 Å². The van der Waals surface area contributed by atoms with Crippen LogP contribution in [0.5, 0.6) is 0 Å². The fraction of sp³-hybridized carbons (Fsp3) is 0.750. The largest absolute Gasteiger partial charge is 0.394 e. The second kappa shape index (κ2) is 4.05. The first kappa shape index (κ1) is 6.88. The zero-order valence-corrected chi connectivity index (χ0v) is 3.87. The van der Waals surface area contributed by atoms with Crippen molar-refractivity contribution in [1.29, 1.82) is 0 Å². The van der Waals surface area contributed by atoms with Gasteiger partial charge in [-0.3, -0.25) is 0 Å². The van der Waals surface area contributed by atoms with Crippen molar-refractivity contribution in [3.8, 4) is 0 Å². The molecule has 0 saturated carbocycles. The maximum Gasteiger partial charge on any atom is 0.115 e. The molecule has 2 N–H and O–H groups in total. The third-order valence-electron chi connectivity index (χ3n) is 0.499. The molecule has 42 valence electrons. The molecule has 3 heteroatoms. The highest BCUT2D eigenvalue weighted by molar-refractivity contribution is 4.46. The molecule has 0 aromatic carbocycles. The number of rotatable bonds is 3. The minimum atomic E-state index is -0.843. The monoisotopic (exact) mass is 104 g/mol. The molecule has 0 rings (SSSR count). The van der Waals surface area contributed by atoms with Crippen molar-refractivity contribution >= 4 is 0 Å². The van der Waals surface area contributed by atoms with Gasteiger partial charge in [0.1, 0.15) is 13.2 Å². The minimum absolute atomic E-state index is 0.0174. The summed E-state index contributed by atoms with van der Waals surface area (Å²) in [5.41, 5.74) is 0. The molecule has 0 saturated heterocycles. The second-order valence-electron chi connectivity index (χ2n) is 1.17. The van der Waals surface area contributed by atoms with E-state index in [0.29, 0.717) is 0 Å². The zero-order valence-electron chi connectivity index (χ0n) is 3.87. The summed E-state index contributed by atoms with van der Waals surface area (Å²) in [5.74, 6) is 0. The Bertz CT molecular complexity index is 37.9. The molecule has 1 atom stereocenters. The van der Waals surface area contributed by atoms with E-state index in [1.807, 2.05) is 0 Å². The number of hydrogen-bond donors (Lipinski definition) is 2. The lowest BCUT2D eigenvalue weighted by Crippen LogP contribution is -2.17. The molecule has 0 aromatic rings. The van der Waals surface area contributed by atoms with Crippen LogP contribution >= 0.6 is 0 Å². The van der Waals surface area contributed by atoms with E-state index in [2.05, 4.69) is 11.8 Å². The molecule has 0 heterocycles. The normalized spacial score (nSPS) is 14.1. The molecular formula is C4H8O3. The first-order valence-corrected chi connectivity index (χ1v) is 1.92. The van der Waals surface area contributed by atoms with Crippen molar-refractivity contribution in [3.05, 3.63) is 7.11 Å². The zero-order chi connectivity index (χ0) is 5.70. The third-order valence-corrected chi connectivity index (χ3v) is 0.499. The topological polar surface area (TPSA) is 49.7 Å². The van der Waals surface area contributed by atoms with Crippen LogP contribution in [-0.4, -0.2) is 29.5 Å². The molecule has 3 nitrogen and oxygen atoms in total. The molecule has 0 fully saturated rings. The van der Waals surface area contributed by atoms with E-state index in [0.717, 1.165) is 0 Å². The van der Waals surface area contributed by atoms with Gasteiger partial charge in [0.05, 0.1) is 13.2 Å². The lowest BCUT2D eigenvalue weighted by molar-refractivity contribution is 0.0366. The van der Waals surface area contributed by atoms with Gasteiger partial charge in [-0.25, -0.2) is 0 Å². The Hall–Kier alpha value is -0.120. The molecule has 1 unspecified atom stereocenters. The SMILES string of the molecule is [CH]OCC(O)CO. The Morgan fingerprint density at radius 1 is 1.71 bits per heavy atom. The van der Waals surface area contributed by atoms with Gasteiger partial charge in [0.15, 0.2) is 0 Å². The summed E-state index contributed by atoms with van der Waals surface area (Å²) in [6.07, 6.45) is -0.843. The summed E-state index contributed by atoms with van der Waals surface area (Å²) in [5, 5.41) is 16.5. The Labute approximate surface area is 42.5 Å². The van der Waals surface area contributed by atoms with Gasteiger partial charge in [0.25, 0.3) is 0 Å². The van der Waals surface area contributed by atoms with Crippen molar-refractivity contribution in [1.82, 2.24) is 0 Å². The van der Waals surface area contributed by atoms with Crippen LogP contribution in [0.4, 0.5) is 0 Å². The predicted octanol–water partition coefficient (Wildman–Crippen LogP) is -0.975. The lowest BCUT2D eigenvalue weighted by Gasteiger charge is -2.01. The molecule has 0 amide bonds. The van der Waals surface area contributed by atoms with Gasteiger partial charge >= 0.3 is 0 Å². The summed E-state index contributed by atoms with van der Waals surface area (Å²) in [6, 6.07) is 0. The van der Waals surface area contributed by atoms with Crippen molar-refractivity contribution in [2.75, 3.05) is 13.2 Å². The molecule has 0 aliphatic heterocycles. The Balaban J connectivity index is 2.83. The van der Waals surface area contributed by atoms with E-state index in [1.54, 1.807) is 0 Å². The molecule has 0 aromatic heterocycles. The predicted molar refractivity (Wildman–Crippen MR) is 23.3 cm³/mol. The Kier molecular flexibility index (Phi) is 3.98. The van der Waals surface area contributed by atoms with Crippen LogP contribution in [0.1, 0.15) is 0 Å². The number of ether oxygens (including phenoxy) is 1. The molecule has 0 bridgehead atoms. The van der Waals surface area contributed by atoms with E-state index in [-0.39, 0.29) is 13.2 Å². The van der Waals surface area contributed by atoms with Crippen molar-refractivity contribution < 1.29 is 14.9 Å². The van der Waals surface area contributed by atoms with Gasteiger partial charge < -0.3 is 14.9 Å². The van der Waals surface area contributed by atoms with Crippen LogP contribution in [0, 0.1) is 7.11 Å². The lowest BCUT2D eigenvalue weighted by atomic mass is 10.4. The van der Waals surface area contributed by atoms with Crippen molar-refractivity contribution in [3.63, 3.8) is 0 Å². The van der Waals surface area contributed by atoms with Crippen LogP contribution in [0.3, 0.4) is 0 Å². The Morgan fingerprint density at radius 3 is 2.43 bits per heavy atom. The quantitative estimate of drug-likeness (QED) is 0.484. The summed E-state index contributed by atoms with van der Waals surface area (Å²) in [4.78, 5) is 0. The van der Waals surface area contributed by atoms with Gasteiger partial charge in [0, 0.05) is 0 Å². The van der Waals surface area contributed by atoms with Crippen LogP contribution in [-0.2, 0) is 4.74 Å². The van der Waals surface area contributed by atoms with Gasteiger partial charge in [-0.15, -0.1) is 0 Å². The first-order chi connectivity index (χ1) is 3.31. The molecule has 0 spiro atoms. The van der Waals surface area contributed by atoms with Gasteiger partial charge in [-0.2, -0.15) is 0 Å². The molecule has 0 aliphatic rings. The number of aliphatic hydroxyl groups is 2. The van der Waals surface area contributed by atoms with Crippen molar-refractivity contribution in [2.45, 2.75) is 6.10 Å². The molecule has 7 heavy (non-hydrogen) atoms. The molecule has 0 aliphatic carbocycles. The fourth-order valence-electron chi connectivity index (χ4n) is 0.164. The van der Waals surface area contributed by atoms with Gasteiger partial charge in [-0.1, -0.05) is 0 Å². The summed E-state index contributed by atoms with van der Waals surface area (Å²) in [6.45, 7) is -0.326. The molecular weight excluding hydrogens is 96.0 g/mol. The first-order valence-electron chi connectivity index (χ1n) is 1.92. The highest BCUT2D eigenvalue weighted by Gasteiger charge is 1.96. The summed E-state index contributed by atoms with van der Waals surface area (Å²) < 4.78 is 3.98. The van der Waals surface area contributed by atoms with Crippen LogP contribution < -0.4 is 0 Å². The average Bonchev–Trinajstić information content (AvgIpc) is 1.68. The Morgan fingerprint density at radius 2 is 2.29 bits per heavy atom.